The molecule has 2 spiro atoms. The lowest BCUT2D eigenvalue weighted by molar-refractivity contribution is -0.302. The molecule has 1 saturated heterocycles. The maximum absolute atomic E-state index is 13.4. The van der Waals surface area contributed by atoms with Crippen LogP contribution in [0, 0.1) is 34.0 Å². The van der Waals surface area contributed by atoms with Gasteiger partial charge in [0.15, 0.2) is 11.6 Å². The van der Waals surface area contributed by atoms with Gasteiger partial charge in [0, 0.05) is 36.2 Å². The van der Waals surface area contributed by atoms with Crippen LogP contribution in [-0.2, 0) is 19.1 Å². The van der Waals surface area contributed by atoms with E-state index in [9.17, 15) is 19.8 Å². The number of aliphatic hydroxyl groups excluding tert-OH is 2. The van der Waals surface area contributed by atoms with Crippen LogP contribution in [0.2, 0.25) is 0 Å². The molecule has 0 aromatic rings. The van der Waals surface area contributed by atoms with Crippen LogP contribution >= 0.6 is 0 Å². The zero-order chi connectivity index (χ0) is 19.4. The molecular weight excluding hydrogens is 348 g/mol. The Morgan fingerprint density at radius 3 is 2.74 bits per heavy atom. The van der Waals surface area contributed by atoms with E-state index >= 15 is 0 Å². The Bertz CT molecular complexity index is 749. The predicted molar refractivity (Wildman–Crippen MR) is 94.4 cm³/mol. The van der Waals surface area contributed by atoms with Gasteiger partial charge in [0.05, 0.1) is 24.2 Å². The molecule has 5 aliphatic rings. The van der Waals surface area contributed by atoms with E-state index in [1.165, 1.54) is 0 Å². The Balaban J connectivity index is 1.78. The fourth-order valence-electron chi connectivity index (χ4n) is 8.01. The Kier molecular flexibility index (Phi) is 3.39. The van der Waals surface area contributed by atoms with Gasteiger partial charge in [-0.3, -0.25) is 4.79 Å². The zero-order valence-corrected chi connectivity index (χ0v) is 15.9. The van der Waals surface area contributed by atoms with Crippen LogP contribution in [0.15, 0.2) is 12.2 Å². The molecule has 1 aliphatic heterocycles. The standard InChI is InChI=1S/C21H28O6/c1-11-12-8-20(26-3)17-19(10-27-20)6-4-5-18(2,9-22)13(19)7-14(23)21(17,15(11)24)16(12)25/h9,12-14,16-17,23,25H,1,4-8,10H2,2-3H3/t12-,13+,14+,16?,17+,18+,19-,20+,21+/m0/s1. The van der Waals surface area contributed by atoms with E-state index in [0.29, 0.717) is 25.0 Å². The van der Waals surface area contributed by atoms with Gasteiger partial charge in [0.25, 0.3) is 0 Å². The molecule has 9 atom stereocenters. The number of ether oxygens (including phenoxy) is 2. The van der Waals surface area contributed by atoms with Crippen molar-refractivity contribution < 1.29 is 29.3 Å². The number of ketones is 1. The third-order valence-corrected chi connectivity index (χ3v) is 9.06. The lowest BCUT2D eigenvalue weighted by atomic mass is 9.39. The highest BCUT2D eigenvalue weighted by Crippen LogP contribution is 2.76. The number of aldehydes is 1. The number of Topliss-reactive ketones (excluding diaryl/α,β-unsaturated/α-hetero) is 1. The van der Waals surface area contributed by atoms with Crippen LogP contribution < -0.4 is 0 Å². The van der Waals surface area contributed by atoms with Gasteiger partial charge in [-0.25, -0.2) is 0 Å². The molecule has 2 bridgehead atoms. The first-order valence-electron chi connectivity index (χ1n) is 9.99. The first kappa shape index (κ1) is 18.0. The molecule has 4 saturated carbocycles. The van der Waals surface area contributed by atoms with Gasteiger partial charge in [-0.2, -0.15) is 0 Å². The summed E-state index contributed by atoms with van der Waals surface area (Å²) in [7, 11) is 1.58. The highest BCUT2D eigenvalue weighted by molar-refractivity contribution is 6.04. The minimum absolute atomic E-state index is 0.107. The highest BCUT2D eigenvalue weighted by Gasteiger charge is 2.83. The van der Waals surface area contributed by atoms with Gasteiger partial charge in [-0.15, -0.1) is 0 Å². The van der Waals surface area contributed by atoms with E-state index in [-0.39, 0.29) is 11.7 Å². The number of carbonyl (C=O) groups excluding carboxylic acids is 2. The Morgan fingerprint density at radius 2 is 2.07 bits per heavy atom. The van der Waals surface area contributed by atoms with Crippen LogP contribution in [0.5, 0.6) is 0 Å². The van der Waals surface area contributed by atoms with Crippen molar-refractivity contribution in [3.63, 3.8) is 0 Å². The summed E-state index contributed by atoms with van der Waals surface area (Å²) >= 11 is 0. The minimum atomic E-state index is -1.34. The molecule has 5 rings (SSSR count). The molecular formula is C21H28O6. The van der Waals surface area contributed by atoms with E-state index in [2.05, 4.69) is 6.58 Å². The molecule has 27 heavy (non-hydrogen) atoms. The van der Waals surface area contributed by atoms with Crippen molar-refractivity contribution in [3.05, 3.63) is 12.2 Å². The smallest absolute Gasteiger partial charge is 0.173 e. The Morgan fingerprint density at radius 1 is 1.33 bits per heavy atom. The molecule has 0 amide bonds. The monoisotopic (exact) mass is 376 g/mol. The summed E-state index contributed by atoms with van der Waals surface area (Å²) in [4.78, 5) is 25.5. The topological polar surface area (TPSA) is 93.1 Å². The number of hydrogen-bond acceptors (Lipinski definition) is 6. The highest BCUT2D eigenvalue weighted by atomic mass is 16.7. The van der Waals surface area contributed by atoms with E-state index in [4.69, 9.17) is 9.47 Å². The quantitative estimate of drug-likeness (QED) is 0.556. The van der Waals surface area contributed by atoms with E-state index < -0.39 is 46.1 Å². The van der Waals surface area contributed by atoms with Gasteiger partial charge in [-0.1, -0.05) is 19.9 Å². The van der Waals surface area contributed by atoms with Crippen molar-refractivity contribution in [2.45, 2.75) is 57.0 Å². The van der Waals surface area contributed by atoms with Crippen molar-refractivity contribution in [1.29, 1.82) is 0 Å². The molecule has 4 aliphatic carbocycles. The van der Waals surface area contributed by atoms with Crippen LogP contribution in [-0.4, -0.2) is 54.0 Å². The van der Waals surface area contributed by atoms with E-state index in [1.54, 1.807) is 7.11 Å². The summed E-state index contributed by atoms with van der Waals surface area (Å²) < 4.78 is 12.2. The van der Waals surface area contributed by atoms with E-state index in [1.807, 2.05) is 6.92 Å². The van der Waals surface area contributed by atoms with Crippen molar-refractivity contribution in [2.75, 3.05) is 13.7 Å². The maximum atomic E-state index is 13.4. The predicted octanol–water partition coefficient (Wildman–Crippen LogP) is 1.24. The average Bonchev–Trinajstić information content (AvgIpc) is 3.04. The third kappa shape index (κ3) is 1.66. The molecule has 6 heteroatoms. The second-order valence-electron chi connectivity index (χ2n) is 9.79. The Labute approximate surface area is 158 Å². The van der Waals surface area contributed by atoms with Crippen LogP contribution in [0.4, 0.5) is 0 Å². The van der Waals surface area contributed by atoms with Gasteiger partial charge in [0.2, 0.25) is 0 Å². The number of hydrogen-bond donors (Lipinski definition) is 2. The SMILES string of the molecule is C=C1C(=O)[C@@]23C(O)[C@H]1C[C@@]1(OC)OC[C@]4(CCC[C@](C)(C=O)[C@H]4C[C@H]2O)[C@H]13. The van der Waals surface area contributed by atoms with Crippen molar-refractivity contribution in [1.82, 2.24) is 0 Å². The van der Waals surface area contributed by atoms with Crippen molar-refractivity contribution in [3.8, 4) is 0 Å². The molecule has 6 nitrogen and oxygen atoms in total. The molecule has 0 aromatic heterocycles. The van der Waals surface area contributed by atoms with Gasteiger partial charge in [0.1, 0.15) is 6.29 Å². The lowest BCUT2D eigenvalue weighted by Gasteiger charge is -2.64. The summed E-state index contributed by atoms with van der Waals surface area (Å²) in [5.74, 6) is -2.31. The molecule has 2 N–H and O–H groups in total. The molecule has 1 unspecified atom stereocenters. The largest absolute Gasteiger partial charge is 0.392 e. The molecule has 0 radical (unpaired) electrons. The second-order valence-corrected chi connectivity index (χ2v) is 9.79. The van der Waals surface area contributed by atoms with E-state index in [0.717, 1.165) is 25.5 Å². The average molecular weight is 376 g/mol. The summed E-state index contributed by atoms with van der Waals surface area (Å²) in [6.07, 6.45) is 2.10. The normalized spacial score (nSPS) is 58.7. The summed E-state index contributed by atoms with van der Waals surface area (Å²) in [6, 6.07) is 0. The first-order chi connectivity index (χ1) is 12.7. The van der Waals surface area contributed by atoms with Gasteiger partial charge < -0.3 is 24.5 Å². The molecule has 0 aromatic carbocycles. The number of aliphatic hydroxyl groups is 2. The number of rotatable bonds is 2. The van der Waals surface area contributed by atoms with Crippen molar-refractivity contribution in [2.24, 2.45) is 34.0 Å². The number of methoxy groups -OCH3 is 1. The van der Waals surface area contributed by atoms with Crippen LogP contribution in [0.3, 0.4) is 0 Å². The summed E-state index contributed by atoms with van der Waals surface area (Å²) in [5.41, 5.74) is -2.01. The van der Waals surface area contributed by atoms with Crippen molar-refractivity contribution >= 4 is 12.1 Å². The number of carbonyl (C=O) groups is 2. The summed E-state index contributed by atoms with van der Waals surface area (Å²) in [5, 5.41) is 22.6. The molecule has 148 valence electrons. The fraction of sp³-hybridized carbons (Fsp3) is 0.810. The lowest BCUT2D eigenvalue weighted by Crippen LogP contribution is -2.72. The van der Waals surface area contributed by atoms with Gasteiger partial charge >= 0.3 is 0 Å². The van der Waals surface area contributed by atoms with Crippen LogP contribution in [0.25, 0.3) is 0 Å². The van der Waals surface area contributed by atoms with Gasteiger partial charge in [-0.05, 0) is 30.8 Å². The second kappa shape index (κ2) is 5.09. The zero-order valence-electron chi connectivity index (χ0n) is 15.9. The van der Waals surface area contributed by atoms with Crippen LogP contribution in [0.1, 0.15) is 39.0 Å². The maximum Gasteiger partial charge on any atom is 0.173 e. The summed E-state index contributed by atoms with van der Waals surface area (Å²) in [6.45, 7) is 6.31. The first-order valence-corrected chi connectivity index (χ1v) is 9.99. The third-order valence-electron chi connectivity index (χ3n) is 9.06. The fourth-order valence-corrected chi connectivity index (χ4v) is 8.01. The minimum Gasteiger partial charge on any atom is -0.392 e. The molecule has 1 heterocycles. The molecule has 5 fully saturated rings. The number of fused-ring (bicyclic) bond motifs is 1. The Hall–Kier alpha value is -1.08.